The van der Waals surface area contributed by atoms with Gasteiger partial charge < -0.3 is 9.84 Å². The van der Waals surface area contributed by atoms with Gasteiger partial charge in [-0.1, -0.05) is 19.8 Å². The van der Waals surface area contributed by atoms with Crippen molar-refractivity contribution < 1.29 is 9.84 Å². The molecule has 1 saturated carbocycles. The number of rotatable bonds is 5. The second-order valence-corrected chi connectivity index (χ2v) is 5.50. The minimum Gasteiger partial charge on any atom is -0.393 e. The third kappa shape index (κ3) is 3.67. The Balaban J connectivity index is 1.74. The van der Waals surface area contributed by atoms with Gasteiger partial charge in [-0.25, -0.2) is 0 Å². The maximum atomic E-state index is 9.58. The second kappa shape index (κ2) is 6.72. The van der Waals surface area contributed by atoms with Crippen LogP contribution in [0.25, 0.3) is 0 Å². The van der Waals surface area contributed by atoms with E-state index in [9.17, 15) is 5.11 Å². The van der Waals surface area contributed by atoms with Gasteiger partial charge in [0.05, 0.1) is 18.8 Å². The van der Waals surface area contributed by atoms with Crippen molar-refractivity contribution in [3.63, 3.8) is 0 Å². The van der Waals surface area contributed by atoms with Crippen LogP contribution in [-0.2, 0) is 4.74 Å². The van der Waals surface area contributed by atoms with Crippen molar-refractivity contribution in [2.45, 2.75) is 70.1 Å². The molecule has 0 bridgehead atoms. The Labute approximate surface area is 105 Å². The molecule has 2 aliphatic rings. The van der Waals surface area contributed by atoms with Gasteiger partial charge in [-0.3, -0.25) is 4.90 Å². The number of hydrogen-bond acceptors (Lipinski definition) is 3. The first-order valence-corrected chi connectivity index (χ1v) is 7.35. The molecule has 1 N–H and O–H groups in total. The summed E-state index contributed by atoms with van der Waals surface area (Å²) < 4.78 is 5.87. The molecule has 0 amide bonds. The van der Waals surface area contributed by atoms with Gasteiger partial charge in [-0.15, -0.1) is 0 Å². The lowest BCUT2D eigenvalue weighted by atomic mass is 9.90. The second-order valence-electron chi connectivity index (χ2n) is 5.50. The minimum atomic E-state index is -0.0989. The number of morpholine rings is 1. The summed E-state index contributed by atoms with van der Waals surface area (Å²) in [6, 6.07) is 0.663. The lowest BCUT2D eigenvalue weighted by molar-refractivity contribution is -0.0887. The average Bonchev–Trinajstić information content (AvgIpc) is 2.39. The van der Waals surface area contributed by atoms with Gasteiger partial charge in [0.1, 0.15) is 0 Å². The number of aliphatic hydroxyl groups excluding tert-OH is 1. The SMILES string of the molecule is CCC(O)CCCN1CCOC2CCCCC21. The maximum Gasteiger partial charge on any atom is 0.0730 e. The fourth-order valence-electron chi connectivity index (χ4n) is 3.19. The van der Waals surface area contributed by atoms with Crippen LogP contribution < -0.4 is 0 Å². The van der Waals surface area contributed by atoms with E-state index in [-0.39, 0.29) is 6.10 Å². The molecule has 1 heterocycles. The van der Waals surface area contributed by atoms with Crippen LogP contribution in [0, 0.1) is 0 Å². The van der Waals surface area contributed by atoms with Crippen LogP contribution in [0.1, 0.15) is 51.9 Å². The maximum absolute atomic E-state index is 9.58. The molecule has 0 radical (unpaired) electrons. The summed E-state index contributed by atoms with van der Waals surface area (Å²) >= 11 is 0. The normalized spacial score (nSPS) is 32.1. The molecule has 0 aromatic carbocycles. The van der Waals surface area contributed by atoms with Crippen LogP contribution >= 0.6 is 0 Å². The summed E-state index contributed by atoms with van der Waals surface area (Å²) in [4.78, 5) is 2.61. The third-order valence-electron chi connectivity index (χ3n) is 4.30. The van der Waals surface area contributed by atoms with Gasteiger partial charge in [-0.05, 0) is 38.6 Å². The standard InChI is InChI=1S/C14H27NO2/c1-2-12(16)6-5-9-15-10-11-17-14-8-4-3-7-13(14)15/h12-14,16H,2-11H2,1H3. The molecule has 1 saturated heterocycles. The van der Waals surface area contributed by atoms with E-state index in [1.165, 1.54) is 25.7 Å². The number of aliphatic hydroxyl groups is 1. The molecular formula is C14H27NO2. The predicted octanol–water partition coefficient (Wildman–Crippen LogP) is 2.18. The highest BCUT2D eigenvalue weighted by Crippen LogP contribution is 2.28. The Morgan fingerprint density at radius 3 is 3.00 bits per heavy atom. The molecule has 100 valence electrons. The topological polar surface area (TPSA) is 32.7 Å². The molecule has 2 rings (SSSR count). The zero-order chi connectivity index (χ0) is 12.1. The lowest BCUT2D eigenvalue weighted by Gasteiger charge is -2.44. The van der Waals surface area contributed by atoms with Crippen molar-refractivity contribution in [3.8, 4) is 0 Å². The van der Waals surface area contributed by atoms with Crippen molar-refractivity contribution in [1.29, 1.82) is 0 Å². The molecule has 2 fully saturated rings. The molecule has 1 aliphatic heterocycles. The molecule has 3 nitrogen and oxygen atoms in total. The van der Waals surface area contributed by atoms with Crippen molar-refractivity contribution in [2.24, 2.45) is 0 Å². The van der Waals surface area contributed by atoms with E-state index in [1.807, 2.05) is 0 Å². The Bertz CT molecular complexity index is 220. The van der Waals surface area contributed by atoms with Crippen LogP contribution in [-0.4, -0.2) is 48.0 Å². The van der Waals surface area contributed by atoms with Crippen LogP contribution in [0.15, 0.2) is 0 Å². The summed E-state index contributed by atoms with van der Waals surface area (Å²) in [5.41, 5.74) is 0. The molecule has 0 aromatic rings. The molecule has 0 aromatic heterocycles. The van der Waals surface area contributed by atoms with Gasteiger partial charge in [0.15, 0.2) is 0 Å². The van der Waals surface area contributed by atoms with E-state index in [4.69, 9.17) is 4.74 Å². The summed E-state index contributed by atoms with van der Waals surface area (Å²) in [6.07, 6.45) is 8.60. The Morgan fingerprint density at radius 2 is 2.18 bits per heavy atom. The fraction of sp³-hybridized carbons (Fsp3) is 1.00. The third-order valence-corrected chi connectivity index (χ3v) is 4.30. The predicted molar refractivity (Wildman–Crippen MR) is 69.1 cm³/mol. The van der Waals surface area contributed by atoms with Crippen molar-refractivity contribution >= 4 is 0 Å². The summed E-state index contributed by atoms with van der Waals surface area (Å²) in [5.74, 6) is 0. The number of ether oxygens (including phenoxy) is 1. The van der Waals surface area contributed by atoms with Gasteiger partial charge in [-0.2, -0.15) is 0 Å². The van der Waals surface area contributed by atoms with Crippen LogP contribution in [0.2, 0.25) is 0 Å². The average molecular weight is 241 g/mol. The smallest absolute Gasteiger partial charge is 0.0730 e. The van der Waals surface area contributed by atoms with E-state index in [1.54, 1.807) is 0 Å². The van der Waals surface area contributed by atoms with Crippen LogP contribution in [0.5, 0.6) is 0 Å². The quantitative estimate of drug-likeness (QED) is 0.801. The summed E-state index contributed by atoms with van der Waals surface area (Å²) in [5, 5.41) is 9.58. The Morgan fingerprint density at radius 1 is 1.35 bits per heavy atom. The zero-order valence-corrected chi connectivity index (χ0v) is 11.1. The first-order chi connectivity index (χ1) is 8.31. The largest absolute Gasteiger partial charge is 0.393 e. The molecule has 1 aliphatic carbocycles. The lowest BCUT2D eigenvalue weighted by Crippen LogP contribution is -2.52. The number of hydrogen-bond donors (Lipinski definition) is 1. The highest BCUT2D eigenvalue weighted by Gasteiger charge is 2.33. The van der Waals surface area contributed by atoms with E-state index in [2.05, 4.69) is 11.8 Å². The zero-order valence-electron chi connectivity index (χ0n) is 11.1. The molecule has 3 unspecified atom stereocenters. The van der Waals surface area contributed by atoms with Crippen LogP contribution in [0.4, 0.5) is 0 Å². The first-order valence-electron chi connectivity index (χ1n) is 7.35. The van der Waals surface area contributed by atoms with Crippen LogP contribution in [0.3, 0.4) is 0 Å². The highest BCUT2D eigenvalue weighted by molar-refractivity contribution is 4.87. The van der Waals surface area contributed by atoms with E-state index >= 15 is 0 Å². The van der Waals surface area contributed by atoms with Crippen molar-refractivity contribution in [3.05, 3.63) is 0 Å². The van der Waals surface area contributed by atoms with E-state index in [0.29, 0.717) is 12.1 Å². The molecular weight excluding hydrogens is 214 g/mol. The molecule has 3 atom stereocenters. The minimum absolute atomic E-state index is 0.0989. The first kappa shape index (κ1) is 13.3. The van der Waals surface area contributed by atoms with E-state index < -0.39 is 0 Å². The van der Waals surface area contributed by atoms with Crippen molar-refractivity contribution in [2.75, 3.05) is 19.7 Å². The van der Waals surface area contributed by atoms with Gasteiger partial charge >= 0.3 is 0 Å². The van der Waals surface area contributed by atoms with E-state index in [0.717, 1.165) is 39.0 Å². The monoisotopic (exact) mass is 241 g/mol. The summed E-state index contributed by atoms with van der Waals surface area (Å²) in [6.45, 7) is 5.18. The number of fused-ring (bicyclic) bond motifs is 1. The van der Waals surface area contributed by atoms with Gasteiger partial charge in [0.25, 0.3) is 0 Å². The molecule has 3 heteroatoms. The summed E-state index contributed by atoms with van der Waals surface area (Å²) in [7, 11) is 0. The Kier molecular flexibility index (Phi) is 5.26. The van der Waals surface area contributed by atoms with Gasteiger partial charge in [0, 0.05) is 12.6 Å². The van der Waals surface area contributed by atoms with Crippen molar-refractivity contribution in [1.82, 2.24) is 4.90 Å². The fourth-order valence-corrected chi connectivity index (χ4v) is 3.19. The molecule has 17 heavy (non-hydrogen) atoms. The Hall–Kier alpha value is -0.120. The van der Waals surface area contributed by atoms with Gasteiger partial charge in [0.2, 0.25) is 0 Å². The highest BCUT2D eigenvalue weighted by atomic mass is 16.5. The number of nitrogens with zero attached hydrogens (tertiary/aromatic N) is 1. The molecule has 0 spiro atoms.